The number of likely N-dealkylation sites (N-methyl/N-ethyl adjacent to an activating group) is 1. The lowest BCUT2D eigenvalue weighted by atomic mass is 10.2. The predicted octanol–water partition coefficient (Wildman–Crippen LogP) is 0.0287. The summed E-state index contributed by atoms with van der Waals surface area (Å²) in [6.07, 6.45) is 3.43. The van der Waals surface area contributed by atoms with Crippen LogP contribution in [-0.2, 0) is 4.79 Å². The van der Waals surface area contributed by atoms with Crippen LogP contribution in [0.5, 0.6) is 0 Å². The average molecular weight is 211 g/mol. The fourth-order valence-corrected chi connectivity index (χ4v) is 2.38. The van der Waals surface area contributed by atoms with Crippen LogP contribution < -0.4 is 5.73 Å². The Morgan fingerprint density at radius 2 is 2.07 bits per heavy atom. The van der Waals surface area contributed by atoms with E-state index in [2.05, 4.69) is 16.8 Å². The number of likely N-dealkylation sites (tertiary alicyclic amines) is 1. The zero-order valence-corrected chi connectivity index (χ0v) is 9.65. The molecule has 1 unspecified atom stereocenters. The van der Waals surface area contributed by atoms with Crippen LogP contribution in [0.4, 0.5) is 0 Å². The summed E-state index contributed by atoms with van der Waals surface area (Å²) in [7, 11) is 2.11. The van der Waals surface area contributed by atoms with Crippen molar-refractivity contribution in [1.82, 2.24) is 9.80 Å². The molecule has 0 aromatic heterocycles. The normalized spacial score (nSPS) is 29.1. The zero-order valence-electron chi connectivity index (χ0n) is 9.65. The summed E-state index contributed by atoms with van der Waals surface area (Å²) in [5.41, 5.74) is 5.70. The molecule has 15 heavy (non-hydrogen) atoms. The first-order valence-corrected chi connectivity index (χ1v) is 5.86. The van der Waals surface area contributed by atoms with E-state index in [4.69, 9.17) is 5.73 Å². The maximum Gasteiger partial charge on any atom is 0.239 e. The van der Waals surface area contributed by atoms with E-state index in [-0.39, 0.29) is 11.9 Å². The molecular weight excluding hydrogens is 190 g/mol. The molecule has 2 aliphatic rings. The Bertz CT molecular complexity index is 250. The minimum atomic E-state index is -0.350. The Balaban J connectivity index is 2.03. The fourth-order valence-electron chi connectivity index (χ4n) is 2.38. The third kappa shape index (κ3) is 2.32. The second-order valence-corrected chi connectivity index (χ2v) is 4.97. The van der Waals surface area contributed by atoms with E-state index in [0.29, 0.717) is 12.1 Å². The van der Waals surface area contributed by atoms with Crippen LogP contribution in [0.2, 0.25) is 0 Å². The highest BCUT2D eigenvalue weighted by atomic mass is 16.2. The summed E-state index contributed by atoms with van der Waals surface area (Å²) in [6.45, 7) is 3.89. The number of amides is 1. The van der Waals surface area contributed by atoms with Crippen LogP contribution >= 0.6 is 0 Å². The standard InChI is InChI=1S/C11H21N3O/c1-8(12)11(15)14(9-3-4-9)10-5-6-13(2)7-10/h8-10H,3-7,12H2,1-2H3/t8?,10-/m0/s1. The molecule has 0 bridgehead atoms. The maximum absolute atomic E-state index is 12.0. The lowest BCUT2D eigenvalue weighted by Crippen LogP contribution is -2.49. The Morgan fingerprint density at radius 3 is 2.47 bits per heavy atom. The summed E-state index contributed by atoms with van der Waals surface area (Å²) in [4.78, 5) is 16.4. The summed E-state index contributed by atoms with van der Waals surface area (Å²) in [5, 5.41) is 0. The second-order valence-electron chi connectivity index (χ2n) is 4.97. The van der Waals surface area contributed by atoms with E-state index in [1.165, 1.54) is 12.8 Å². The quantitative estimate of drug-likeness (QED) is 0.716. The number of hydrogen-bond acceptors (Lipinski definition) is 3. The molecule has 86 valence electrons. The summed E-state index contributed by atoms with van der Waals surface area (Å²) in [5.74, 6) is 0.137. The van der Waals surface area contributed by atoms with Gasteiger partial charge in [-0.2, -0.15) is 0 Å². The molecule has 0 radical (unpaired) electrons. The number of nitrogens with zero attached hydrogens (tertiary/aromatic N) is 2. The molecule has 2 atom stereocenters. The monoisotopic (exact) mass is 211 g/mol. The van der Waals surface area contributed by atoms with Crippen molar-refractivity contribution >= 4 is 5.91 Å². The number of nitrogens with two attached hydrogens (primary N) is 1. The first-order chi connectivity index (χ1) is 7.09. The molecule has 1 saturated heterocycles. The number of rotatable bonds is 3. The molecular formula is C11H21N3O. The van der Waals surface area contributed by atoms with Crippen LogP contribution in [0.1, 0.15) is 26.2 Å². The minimum absolute atomic E-state index is 0.137. The van der Waals surface area contributed by atoms with Gasteiger partial charge in [0.05, 0.1) is 6.04 Å². The van der Waals surface area contributed by atoms with Crippen LogP contribution in [0.25, 0.3) is 0 Å². The average Bonchev–Trinajstić information content (AvgIpc) is 2.90. The predicted molar refractivity (Wildman–Crippen MR) is 59.4 cm³/mol. The highest BCUT2D eigenvalue weighted by Gasteiger charge is 2.40. The molecule has 1 saturated carbocycles. The number of hydrogen-bond donors (Lipinski definition) is 1. The van der Waals surface area contributed by atoms with Gasteiger partial charge >= 0.3 is 0 Å². The van der Waals surface area contributed by atoms with Crippen LogP contribution in [-0.4, -0.2) is 54.0 Å². The lowest BCUT2D eigenvalue weighted by molar-refractivity contribution is -0.135. The maximum atomic E-state index is 12.0. The molecule has 1 heterocycles. The zero-order chi connectivity index (χ0) is 11.0. The molecule has 2 rings (SSSR count). The van der Waals surface area contributed by atoms with Crippen molar-refractivity contribution in [3.63, 3.8) is 0 Å². The second kappa shape index (κ2) is 4.10. The summed E-state index contributed by atoms with van der Waals surface area (Å²) >= 11 is 0. The van der Waals surface area contributed by atoms with Gasteiger partial charge in [0.1, 0.15) is 0 Å². The van der Waals surface area contributed by atoms with E-state index in [1.54, 1.807) is 6.92 Å². The summed E-state index contributed by atoms with van der Waals surface area (Å²) < 4.78 is 0. The van der Waals surface area contributed by atoms with Crippen molar-refractivity contribution in [2.45, 2.75) is 44.3 Å². The van der Waals surface area contributed by atoms with Crippen molar-refractivity contribution in [3.8, 4) is 0 Å². The van der Waals surface area contributed by atoms with Gasteiger partial charge in [-0.15, -0.1) is 0 Å². The van der Waals surface area contributed by atoms with Crippen molar-refractivity contribution in [3.05, 3.63) is 0 Å². The lowest BCUT2D eigenvalue weighted by Gasteiger charge is -2.30. The van der Waals surface area contributed by atoms with Crippen molar-refractivity contribution in [2.75, 3.05) is 20.1 Å². The Morgan fingerprint density at radius 1 is 1.40 bits per heavy atom. The van der Waals surface area contributed by atoms with E-state index in [1.807, 2.05) is 0 Å². The van der Waals surface area contributed by atoms with Crippen molar-refractivity contribution in [2.24, 2.45) is 5.73 Å². The molecule has 1 aliphatic heterocycles. The van der Waals surface area contributed by atoms with Gasteiger partial charge in [-0.3, -0.25) is 4.79 Å². The van der Waals surface area contributed by atoms with Gasteiger partial charge < -0.3 is 15.5 Å². The van der Waals surface area contributed by atoms with Gasteiger partial charge in [-0.05, 0) is 39.8 Å². The van der Waals surface area contributed by atoms with Crippen molar-refractivity contribution < 1.29 is 4.79 Å². The Labute approximate surface area is 91.4 Å². The SMILES string of the molecule is CC(N)C(=O)N(C1CC1)[C@H]1CCN(C)C1. The number of carbonyl (C=O) groups is 1. The van der Waals surface area contributed by atoms with E-state index >= 15 is 0 Å². The third-order valence-electron chi connectivity index (χ3n) is 3.34. The van der Waals surface area contributed by atoms with Gasteiger partial charge in [0.25, 0.3) is 0 Å². The third-order valence-corrected chi connectivity index (χ3v) is 3.34. The van der Waals surface area contributed by atoms with Crippen molar-refractivity contribution in [1.29, 1.82) is 0 Å². The fraction of sp³-hybridized carbons (Fsp3) is 0.909. The molecule has 0 spiro atoms. The highest BCUT2D eigenvalue weighted by molar-refractivity contribution is 5.82. The first-order valence-electron chi connectivity index (χ1n) is 5.86. The van der Waals surface area contributed by atoms with E-state index in [0.717, 1.165) is 19.5 Å². The molecule has 2 N–H and O–H groups in total. The van der Waals surface area contributed by atoms with Gasteiger partial charge in [0.15, 0.2) is 0 Å². The Hall–Kier alpha value is -0.610. The molecule has 4 nitrogen and oxygen atoms in total. The summed E-state index contributed by atoms with van der Waals surface area (Å²) in [6, 6.07) is 0.539. The van der Waals surface area contributed by atoms with Crippen LogP contribution in [0.3, 0.4) is 0 Å². The molecule has 1 amide bonds. The molecule has 4 heteroatoms. The first kappa shape index (κ1) is 10.9. The highest BCUT2D eigenvalue weighted by Crippen LogP contribution is 2.31. The van der Waals surface area contributed by atoms with E-state index < -0.39 is 0 Å². The van der Waals surface area contributed by atoms with Gasteiger partial charge in [-0.1, -0.05) is 0 Å². The topological polar surface area (TPSA) is 49.6 Å². The smallest absolute Gasteiger partial charge is 0.239 e. The van der Waals surface area contributed by atoms with E-state index in [9.17, 15) is 4.79 Å². The van der Waals surface area contributed by atoms with Gasteiger partial charge in [-0.25, -0.2) is 0 Å². The Kier molecular flexibility index (Phi) is 2.98. The number of carbonyl (C=O) groups excluding carboxylic acids is 1. The molecule has 0 aromatic rings. The molecule has 2 fully saturated rings. The molecule has 1 aliphatic carbocycles. The van der Waals surface area contributed by atoms with Gasteiger partial charge in [0, 0.05) is 18.6 Å². The molecule has 0 aromatic carbocycles. The largest absolute Gasteiger partial charge is 0.334 e. The van der Waals surface area contributed by atoms with Crippen LogP contribution in [0, 0.1) is 0 Å². The van der Waals surface area contributed by atoms with Crippen LogP contribution in [0.15, 0.2) is 0 Å². The van der Waals surface area contributed by atoms with Gasteiger partial charge in [0.2, 0.25) is 5.91 Å². The minimum Gasteiger partial charge on any atom is -0.334 e.